The summed E-state index contributed by atoms with van der Waals surface area (Å²) in [6.45, 7) is 2.49. The van der Waals surface area contributed by atoms with Gasteiger partial charge in [-0.3, -0.25) is 4.79 Å². The molecule has 1 N–H and O–H groups in total. The second-order valence-electron chi connectivity index (χ2n) is 5.57. The lowest BCUT2D eigenvalue weighted by molar-refractivity contribution is -0.127. The third-order valence-electron chi connectivity index (χ3n) is 4.03. The van der Waals surface area contributed by atoms with E-state index in [-0.39, 0.29) is 5.91 Å². The Morgan fingerprint density at radius 3 is 2.95 bits per heavy atom. The van der Waals surface area contributed by atoms with Crippen molar-refractivity contribution in [2.24, 2.45) is 11.8 Å². The summed E-state index contributed by atoms with van der Waals surface area (Å²) in [5.41, 5.74) is 0. The minimum atomic E-state index is -0.521. The first-order valence-electron chi connectivity index (χ1n) is 7.36. The molecule has 1 fully saturated rings. The summed E-state index contributed by atoms with van der Waals surface area (Å²) in [5.74, 6) is 1.79. The van der Waals surface area contributed by atoms with E-state index in [9.17, 15) is 4.79 Å². The van der Waals surface area contributed by atoms with Crippen molar-refractivity contribution in [3.63, 3.8) is 0 Å². The van der Waals surface area contributed by atoms with Gasteiger partial charge in [-0.25, -0.2) is 0 Å². The van der Waals surface area contributed by atoms with Crippen molar-refractivity contribution in [2.75, 3.05) is 11.9 Å². The number of hydrogen-bond donors (Lipinski definition) is 1. The minimum Gasteiger partial charge on any atom is -0.481 e. The molecule has 0 saturated heterocycles. The highest BCUT2D eigenvalue weighted by molar-refractivity contribution is 9.09. The Labute approximate surface area is 139 Å². The molecule has 0 aromatic heterocycles. The number of rotatable bonds is 6. The Morgan fingerprint density at radius 2 is 2.24 bits per heavy atom. The number of alkyl halides is 1. The van der Waals surface area contributed by atoms with Crippen LogP contribution in [-0.4, -0.2) is 23.9 Å². The molecule has 1 aliphatic rings. The molecule has 2 rings (SSSR count). The lowest BCUT2D eigenvalue weighted by Gasteiger charge is -2.20. The topological polar surface area (TPSA) is 38.3 Å². The summed E-state index contributed by atoms with van der Waals surface area (Å²) in [5, 5.41) is 4.62. The average Bonchev–Trinajstić information content (AvgIpc) is 2.92. The molecule has 0 heterocycles. The van der Waals surface area contributed by atoms with Crippen LogP contribution < -0.4 is 10.1 Å². The molecule has 5 heteroatoms. The summed E-state index contributed by atoms with van der Waals surface area (Å²) in [7, 11) is 0. The highest BCUT2D eigenvalue weighted by Crippen LogP contribution is 2.32. The highest BCUT2D eigenvalue weighted by atomic mass is 79.9. The molecule has 1 aromatic carbocycles. The first kappa shape index (κ1) is 16.6. The number of benzene rings is 1. The predicted molar refractivity (Wildman–Crippen MR) is 89.2 cm³/mol. The van der Waals surface area contributed by atoms with Gasteiger partial charge in [0.25, 0.3) is 5.91 Å². The van der Waals surface area contributed by atoms with E-state index in [0.717, 1.165) is 11.9 Å². The highest BCUT2D eigenvalue weighted by Gasteiger charge is 2.27. The van der Waals surface area contributed by atoms with Gasteiger partial charge in [-0.15, -0.1) is 0 Å². The summed E-state index contributed by atoms with van der Waals surface area (Å²) in [4.78, 5) is 12.1. The van der Waals surface area contributed by atoms with Crippen LogP contribution in [0.3, 0.4) is 0 Å². The Bertz CT molecular complexity index is 483. The van der Waals surface area contributed by atoms with Crippen LogP contribution in [0.1, 0.15) is 26.2 Å². The maximum atomic E-state index is 12.1. The van der Waals surface area contributed by atoms with Gasteiger partial charge in [-0.05, 0) is 49.8 Å². The lowest BCUT2D eigenvalue weighted by atomic mass is 9.98. The van der Waals surface area contributed by atoms with E-state index in [1.807, 2.05) is 0 Å². The molecular weight excluding hydrogens is 354 g/mol. The largest absolute Gasteiger partial charge is 0.481 e. The molecule has 3 nitrogen and oxygen atoms in total. The van der Waals surface area contributed by atoms with Gasteiger partial charge in [-0.2, -0.15) is 0 Å². The number of ether oxygens (including phenoxy) is 1. The summed E-state index contributed by atoms with van der Waals surface area (Å²) in [6, 6.07) is 7.09. The van der Waals surface area contributed by atoms with Crippen LogP contribution in [-0.2, 0) is 4.79 Å². The van der Waals surface area contributed by atoms with E-state index in [4.69, 9.17) is 16.3 Å². The van der Waals surface area contributed by atoms with Crippen LogP contribution in [0.25, 0.3) is 0 Å². The van der Waals surface area contributed by atoms with Crippen molar-refractivity contribution in [3.8, 4) is 5.75 Å². The van der Waals surface area contributed by atoms with E-state index >= 15 is 0 Å². The van der Waals surface area contributed by atoms with Crippen LogP contribution in [0.2, 0.25) is 5.02 Å². The molecule has 116 valence electrons. The average molecular weight is 375 g/mol. The minimum absolute atomic E-state index is 0.0739. The smallest absolute Gasteiger partial charge is 0.260 e. The van der Waals surface area contributed by atoms with Crippen molar-refractivity contribution >= 4 is 33.4 Å². The van der Waals surface area contributed by atoms with Crippen molar-refractivity contribution < 1.29 is 9.53 Å². The molecular formula is C16H21BrClNO2. The summed E-state index contributed by atoms with van der Waals surface area (Å²) < 4.78 is 5.62. The molecule has 0 spiro atoms. The molecule has 1 amide bonds. The number of nitrogens with one attached hydrogen (secondary N) is 1. The van der Waals surface area contributed by atoms with E-state index in [1.54, 1.807) is 31.2 Å². The second-order valence-corrected chi connectivity index (χ2v) is 6.65. The first-order chi connectivity index (χ1) is 10.1. The monoisotopic (exact) mass is 373 g/mol. The van der Waals surface area contributed by atoms with Gasteiger partial charge in [0.1, 0.15) is 5.75 Å². The fraction of sp³-hybridized carbons (Fsp3) is 0.562. The molecule has 1 aliphatic carbocycles. The van der Waals surface area contributed by atoms with Gasteiger partial charge in [0.2, 0.25) is 0 Å². The molecule has 21 heavy (non-hydrogen) atoms. The number of hydrogen-bond acceptors (Lipinski definition) is 2. The van der Waals surface area contributed by atoms with Gasteiger partial charge >= 0.3 is 0 Å². The molecule has 0 bridgehead atoms. The van der Waals surface area contributed by atoms with Crippen LogP contribution in [0, 0.1) is 11.8 Å². The number of carbonyl (C=O) groups excluding carboxylic acids is 1. The number of halogens is 2. The zero-order valence-electron chi connectivity index (χ0n) is 12.1. The van der Waals surface area contributed by atoms with Gasteiger partial charge in [-0.1, -0.05) is 40.0 Å². The van der Waals surface area contributed by atoms with Gasteiger partial charge in [0.05, 0.1) is 0 Å². The van der Waals surface area contributed by atoms with E-state index < -0.39 is 6.10 Å². The second kappa shape index (κ2) is 8.04. The Morgan fingerprint density at radius 1 is 1.48 bits per heavy atom. The Kier molecular flexibility index (Phi) is 6.37. The third kappa shape index (κ3) is 4.89. The molecule has 3 atom stereocenters. The molecule has 3 unspecified atom stereocenters. The lowest BCUT2D eigenvalue weighted by Crippen LogP contribution is -2.39. The third-order valence-corrected chi connectivity index (χ3v) is 5.10. The van der Waals surface area contributed by atoms with E-state index in [2.05, 4.69) is 21.2 Å². The van der Waals surface area contributed by atoms with Crippen LogP contribution >= 0.6 is 27.5 Å². The summed E-state index contributed by atoms with van der Waals surface area (Å²) >= 11 is 9.46. The Balaban J connectivity index is 1.80. The fourth-order valence-electron chi connectivity index (χ4n) is 2.76. The van der Waals surface area contributed by atoms with Crippen molar-refractivity contribution in [2.45, 2.75) is 32.3 Å². The van der Waals surface area contributed by atoms with Crippen LogP contribution in [0.5, 0.6) is 5.75 Å². The first-order valence-corrected chi connectivity index (χ1v) is 8.86. The van der Waals surface area contributed by atoms with Crippen molar-refractivity contribution in [3.05, 3.63) is 29.3 Å². The standard InChI is InChI=1S/C16H21BrClNO2/c1-11(21-15-7-3-6-14(18)8-15)16(20)19-10-13-5-2-4-12(13)9-17/h3,6-8,11-13H,2,4-5,9-10H2,1H3,(H,19,20). The van der Waals surface area contributed by atoms with Gasteiger partial charge < -0.3 is 10.1 Å². The summed E-state index contributed by atoms with van der Waals surface area (Å²) in [6.07, 6.45) is 3.18. The zero-order valence-corrected chi connectivity index (χ0v) is 14.5. The van der Waals surface area contributed by atoms with Crippen LogP contribution in [0.15, 0.2) is 24.3 Å². The predicted octanol–water partition coefficient (Wildman–Crippen LogP) is 4.03. The van der Waals surface area contributed by atoms with E-state index in [0.29, 0.717) is 22.6 Å². The zero-order chi connectivity index (χ0) is 15.2. The van der Waals surface area contributed by atoms with E-state index in [1.165, 1.54) is 19.3 Å². The molecule has 1 saturated carbocycles. The maximum absolute atomic E-state index is 12.1. The van der Waals surface area contributed by atoms with Crippen molar-refractivity contribution in [1.82, 2.24) is 5.32 Å². The van der Waals surface area contributed by atoms with Gasteiger partial charge in [0.15, 0.2) is 6.10 Å². The number of carbonyl (C=O) groups is 1. The normalized spacial score (nSPS) is 22.8. The molecule has 0 radical (unpaired) electrons. The fourth-order valence-corrected chi connectivity index (χ4v) is 3.79. The quantitative estimate of drug-likeness (QED) is 0.763. The maximum Gasteiger partial charge on any atom is 0.260 e. The molecule has 0 aliphatic heterocycles. The van der Waals surface area contributed by atoms with Gasteiger partial charge in [0, 0.05) is 16.9 Å². The molecule has 1 aromatic rings. The van der Waals surface area contributed by atoms with Crippen LogP contribution in [0.4, 0.5) is 0 Å². The number of amides is 1. The van der Waals surface area contributed by atoms with Crippen molar-refractivity contribution in [1.29, 1.82) is 0 Å². The Hall–Kier alpha value is -0.740. The SMILES string of the molecule is CC(Oc1cccc(Cl)c1)C(=O)NCC1CCCC1CBr.